The van der Waals surface area contributed by atoms with Gasteiger partial charge in [0.2, 0.25) is 15.9 Å². The van der Waals surface area contributed by atoms with Crippen molar-refractivity contribution in [1.82, 2.24) is 9.62 Å². The van der Waals surface area contributed by atoms with Gasteiger partial charge in [-0.1, -0.05) is 0 Å². The molecular weight excluding hydrogens is 278 g/mol. The maximum atomic E-state index is 12.2. The average Bonchev–Trinajstić information content (AvgIpc) is 3.20. The zero-order valence-corrected chi connectivity index (χ0v) is 12.9. The van der Waals surface area contributed by atoms with Gasteiger partial charge in [0.1, 0.15) is 0 Å². The number of nitrogens with zero attached hydrogens (tertiary/aromatic N) is 1. The standard InChI is InChI=1S/C13H25N3O3S/c1-20(18,19)15-8-10-3-2-6-16(9-10)13(17)7-12(14)11-4-5-11/h10-12,15H,2-9,14H2,1H3. The molecule has 1 amide bonds. The number of nitrogens with two attached hydrogens (primary N) is 1. The van der Waals surface area contributed by atoms with Crippen LogP contribution in [0.1, 0.15) is 32.1 Å². The molecule has 0 aromatic heterocycles. The van der Waals surface area contributed by atoms with E-state index in [0.29, 0.717) is 25.4 Å². The van der Waals surface area contributed by atoms with Crippen LogP contribution in [0.15, 0.2) is 0 Å². The number of piperidine rings is 1. The van der Waals surface area contributed by atoms with Crippen molar-refractivity contribution >= 4 is 15.9 Å². The number of rotatable bonds is 6. The Morgan fingerprint density at radius 3 is 2.70 bits per heavy atom. The van der Waals surface area contributed by atoms with Crippen molar-refractivity contribution in [3.05, 3.63) is 0 Å². The highest BCUT2D eigenvalue weighted by Crippen LogP contribution is 2.33. The third-order valence-electron chi connectivity index (χ3n) is 4.14. The molecule has 116 valence electrons. The number of likely N-dealkylation sites (tertiary alicyclic amines) is 1. The molecule has 1 saturated heterocycles. The fourth-order valence-corrected chi connectivity index (χ4v) is 3.29. The molecule has 20 heavy (non-hydrogen) atoms. The summed E-state index contributed by atoms with van der Waals surface area (Å²) in [6.07, 6.45) is 5.77. The van der Waals surface area contributed by atoms with E-state index in [1.165, 1.54) is 0 Å². The first-order valence-electron chi connectivity index (χ1n) is 7.33. The molecule has 6 nitrogen and oxygen atoms in total. The Balaban J connectivity index is 1.78. The van der Waals surface area contributed by atoms with Gasteiger partial charge in [-0.05, 0) is 37.5 Å². The first kappa shape index (κ1) is 15.7. The van der Waals surface area contributed by atoms with Crippen LogP contribution >= 0.6 is 0 Å². The summed E-state index contributed by atoms with van der Waals surface area (Å²) in [4.78, 5) is 14.0. The molecule has 1 saturated carbocycles. The fraction of sp³-hybridized carbons (Fsp3) is 0.923. The second-order valence-electron chi connectivity index (χ2n) is 6.17. The van der Waals surface area contributed by atoms with Crippen LogP contribution in [-0.2, 0) is 14.8 Å². The van der Waals surface area contributed by atoms with Crippen LogP contribution in [0.2, 0.25) is 0 Å². The molecule has 0 spiro atoms. The lowest BCUT2D eigenvalue weighted by atomic mass is 9.97. The Morgan fingerprint density at radius 2 is 2.10 bits per heavy atom. The van der Waals surface area contributed by atoms with Crippen LogP contribution in [0.4, 0.5) is 0 Å². The number of carbonyl (C=O) groups is 1. The lowest BCUT2D eigenvalue weighted by Crippen LogP contribution is -2.45. The Hall–Kier alpha value is -0.660. The van der Waals surface area contributed by atoms with Crippen molar-refractivity contribution < 1.29 is 13.2 Å². The predicted molar refractivity (Wildman–Crippen MR) is 77.5 cm³/mol. The van der Waals surface area contributed by atoms with Crippen molar-refractivity contribution in [2.45, 2.75) is 38.1 Å². The van der Waals surface area contributed by atoms with Gasteiger partial charge in [0.25, 0.3) is 0 Å². The number of nitrogens with one attached hydrogen (secondary N) is 1. The highest BCUT2D eigenvalue weighted by atomic mass is 32.2. The Morgan fingerprint density at radius 1 is 1.40 bits per heavy atom. The third-order valence-corrected chi connectivity index (χ3v) is 4.83. The summed E-state index contributed by atoms with van der Waals surface area (Å²) < 4.78 is 24.7. The largest absolute Gasteiger partial charge is 0.342 e. The first-order chi connectivity index (χ1) is 9.35. The quantitative estimate of drug-likeness (QED) is 0.717. The van der Waals surface area contributed by atoms with Crippen molar-refractivity contribution in [2.24, 2.45) is 17.6 Å². The van der Waals surface area contributed by atoms with Crippen molar-refractivity contribution in [3.8, 4) is 0 Å². The minimum Gasteiger partial charge on any atom is -0.342 e. The SMILES string of the molecule is CS(=O)(=O)NCC1CCCN(C(=O)CC(N)C2CC2)C1. The zero-order valence-electron chi connectivity index (χ0n) is 12.0. The first-order valence-corrected chi connectivity index (χ1v) is 9.22. The van der Waals surface area contributed by atoms with E-state index >= 15 is 0 Å². The van der Waals surface area contributed by atoms with Gasteiger partial charge in [-0.2, -0.15) is 0 Å². The van der Waals surface area contributed by atoms with Gasteiger partial charge >= 0.3 is 0 Å². The predicted octanol–water partition coefficient (Wildman–Crippen LogP) is -0.0984. The molecule has 2 rings (SSSR count). The second-order valence-corrected chi connectivity index (χ2v) is 8.01. The maximum absolute atomic E-state index is 12.2. The lowest BCUT2D eigenvalue weighted by molar-refractivity contribution is -0.133. The van der Waals surface area contributed by atoms with E-state index < -0.39 is 10.0 Å². The smallest absolute Gasteiger partial charge is 0.224 e. The van der Waals surface area contributed by atoms with E-state index in [1.54, 1.807) is 0 Å². The summed E-state index contributed by atoms with van der Waals surface area (Å²) >= 11 is 0. The minimum absolute atomic E-state index is 0.00276. The Labute approximate surface area is 121 Å². The molecule has 0 aromatic carbocycles. The van der Waals surface area contributed by atoms with Crippen molar-refractivity contribution in [1.29, 1.82) is 0 Å². The van der Waals surface area contributed by atoms with Crippen LogP contribution in [0, 0.1) is 11.8 Å². The number of sulfonamides is 1. The van der Waals surface area contributed by atoms with E-state index in [9.17, 15) is 13.2 Å². The number of amides is 1. The molecule has 2 unspecified atom stereocenters. The molecule has 2 fully saturated rings. The molecule has 2 aliphatic rings. The van der Waals surface area contributed by atoms with Crippen LogP contribution in [0.3, 0.4) is 0 Å². The van der Waals surface area contributed by atoms with Gasteiger partial charge in [0.05, 0.1) is 6.26 Å². The molecule has 0 radical (unpaired) electrons. The van der Waals surface area contributed by atoms with Crippen LogP contribution in [0.25, 0.3) is 0 Å². The summed E-state index contributed by atoms with van der Waals surface area (Å²) in [6, 6.07) is -0.00276. The Kier molecular flexibility index (Phi) is 5.04. The summed E-state index contributed by atoms with van der Waals surface area (Å²) in [5, 5.41) is 0. The molecule has 1 aliphatic heterocycles. The van der Waals surface area contributed by atoms with Gasteiger partial charge in [0, 0.05) is 32.1 Å². The zero-order chi connectivity index (χ0) is 14.8. The van der Waals surface area contributed by atoms with Gasteiger partial charge in [-0.3, -0.25) is 4.79 Å². The molecule has 0 bridgehead atoms. The normalized spacial score (nSPS) is 25.5. The van der Waals surface area contributed by atoms with Gasteiger partial charge in [0.15, 0.2) is 0 Å². The molecule has 0 aromatic rings. The van der Waals surface area contributed by atoms with Gasteiger partial charge < -0.3 is 10.6 Å². The monoisotopic (exact) mass is 303 g/mol. The molecule has 1 heterocycles. The van der Waals surface area contributed by atoms with Crippen LogP contribution in [-0.4, -0.2) is 51.2 Å². The van der Waals surface area contributed by atoms with E-state index in [-0.39, 0.29) is 17.9 Å². The molecule has 1 aliphatic carbocycles. The summed E-state index contributed by atoms with van der Waals surface area (Å²) in [7, 11) is -3.16. The molecular formula is C13H25N3O3S. The van der Waals surface area contributed by atoms with Crippen LogP contribution in [0.5, 0.6) is 0 Å². The molecule has 2 atom stereocenters. The maximum Gasteiger partial charge on any atom is 0.224 e. The van der Waals surface area contributed by atoms with Crippen molar-refractivity contribution in [2.75, 3.05) is 25.9 Å². The van der Waals surface area contributed by atoms with Gasteiger partial charge in [-0.15, -0.1) is 0 Å². The minimum atomic E-state index is -3.16. The lowest BCUT2D eigenvalue weighted by Gasteiger charge is -2.33. The topological polar surface area (TPSA) is 92.5 Å². The number of hydrogen-bond donors (Lipinski definition) is 2. The molecule has 7 heteroatoms. The van der Waals surface area contributed by atoms with E-state index in [1.807, 2.05) is 4.90 Å². The highest BCUT2D eigenvalue weighted by Gasteiger charge is 2.32. The number of hydrogen-bond acceptors (Lipinski definition) is 4. The Bertz CT molecular complexity index is 448. The van der Waals surface area contributed by atoms with E-state index in [0.717, 1.165) is 38.5 Å². The number of carbonyl (C=O) groups excluding carboxylic acids is 1. The third kappa shape index (κ3) is 5.03. The fourth-order valence-electron chi connectivity index (χ4n) is 2.75. The van der Waals surface area contributed by atoms with E-state index in [2.05, 4.69) is 4.72 Å². The molecule has 3 N–H and O–H groups in total. The summed E-state index contributed by atoms with van der Waals surface area (Å²) in [5.74, 6) is 0.861. The summed E-state index contributed by atoms with van der Waals surface area (Å²) in [6.45, 7) is 1.82. The average molecular weight is 303 g/mol. The van der Waals surface area contributed by atoms with Crippen LogP contribution < -0.4 is 10.5 Å². The summed E-state index contributed by atoms with van der Waals surface area (Å²) in [5.41, 5.74) is 6.00. The highest BCUT2D eigenvalue weighted by molar-refractivity contribution is 7.88. The van der Waals surface area contributed by atoms with Crippen molar-refractivity contribution in [3.63, 3.8) is 0 Å². The second kappa shape index (κ2) is 6.41. The van der Waals surface area contributed by atoms with E-state index in [4.69, 9.17) is 5.73 Å². The van der Waals surface area contributed by atoms with Gasteiger partial charge in [-0.25, -0.2) is 13.1 Å².